The summed E-state index contributed by atoms with van der Waals surface area (Å²) >= 11 is 3.44. The van der Waals surface area contributed by atoms with E-state index in [1.807, 2.05) is 26.0 Å². The molecule has 1 heterocycles. The van der Waals surface area contributed by atoms with Gasteiger partial charge in [0.15, 0.2) is 0 Å². The molecule has 0 atom stereocenters. The average Bonchev–Trinajstić information content (AvgIpc) is 2.67. The number of nitrogens with zero attached hydrogens (tertiary/aromatic N) is 1. The van der Waals surface area contributed by atoms with Gasteiger partial charge in [0.1, 0.15) is 0 Å². The molecule has 2 nitrogen and oxygen atoms in total. The van der Waals surface area contributed by atoms with Crippen LogP contribution in [0.2, 0.25) is 0 Å². The zero-order chi connectivity index (χ0) is 11.5. The Morgan fingerprint density at radius 2 is 2.19 bits per heavy atom. The molecule has 0 aliphatic carbocycles. The van der Waals surface area contributed by atoms with Crippen molar-refractivity contribution in [3.8, 4) is 0 Å². The molecular weight excluding hydrogens is 236 g/mol. The van der Waals surface area contributed by atoms with Gasteiger partial charge in [-0.3, -0.25) is 0 Å². The summed E-state index contributed by atoms with van der Waals surface area (Å²) in [6, 6.07) is 6.14. The first-order chi connectivity index (χ1) is 7.66. The normalized spacial score (nSPS) is 10.6. The zero-order valence-corrected chi connectivity index (χ0v) is 11.0. The summed E-state index contributed by atoms with van der Waals surface area (Å²) in [5.74, 6) is 0.887. The maximum atomic E-state index is 6.01. The number of thiazole rings is 1. The first-order valence-electron chi connectivity index (χ1n) is 5.05. The van der Waals surface area contributed by atoms with Crippen LogP contribution in [-0.4, -0.2) is 4.98 Å². The molecular formula is C12H14N2S2. The van der Waals surface area contributed by atoms with Crippen molar-refractivity contribution in [3.63, 3.8) is 0 Å². The van der Waals surface area contributed by atoms with Gasteiger partial charge in [0.05, 0.1) is 10.7 Å². The number of para-hydroxylation sites is 1. The Balaban J connectivity index is 2.07. The minimum absolute atomic E-state index is 0.887. The Morgan fingerprint density at radius 1 is 1.38 bits per heavy atom. The van der Waals surface area contributed by atoms with Crippen LogP contribution >= 0.6 is 23.1 Å². The standard InChI is InChI=1S/C12H14N2S2/c1-8-4-3-5-11(12(8)13)16-7-10-6-15-9(2)14-10/h3-6H,7,13H2,1-2H3. The van der Waals surface area contributed by atoms with Gasteiger partial charge in [-0.2, -0.15) is 0 Å². The lowest BCUT2D eigenvalue weighted by atomic mass is 10.2. The van der Waals surface area contributed by atoms with E-state index in [9.17, 15) is 0 Å². The molecule has 84 valence electrons. The van der Waals surface area contributed by atoms with Gasteiger partial charge >= 0.3 is 0 Å². The zero-order valence-electron chi connectivity index (χ0n) is 9.36. The summed E-state index contributed by atoms with van der Waals surface area (Å²) in [6.07, 6.45) is 0. The number of rotatable bonds is 3. The maximum absolute atomic E-state index is 6.01. The molecule has 2 N–H and O–H groups in total. The molecule has 0 saturated carbocycles. The average molecular weight is 250 g/mol. The van der Waals surface area contributed by atoms with Gasteiger partial charge in [0, 0.05) is 21.7 Å². The number of aryl methyl sites for hydroxylation is 2. The Kier molecular flexibility index (Phi) is 3.51. The highest BCUT2D eigenvalue weighted by atomic mass is 32.2. The SMILES string of the molecule is Cc1nc(CSc2cccc(C)c2N)cs1. The van der Waals surface area contributed by atoms with Crippen LogP contribution in [0.25, 0.3) is 0 Å². The molecule has 1 aromatic heterocycles. The van der Waals surface area contributed by atoms with Crippen LogP contribution in [0.4, 0.5) is 5.69 Å². The van der Waals surface area contributed by atoms with E-state index in [0.29, 0.717) is 0 Å². The number of hydrogen-bond acceptors (Lipinski definition) is 4. The van der Waals surface area contributed by atoms with Crippen LogP contribution < -0.4 is 5.73 Å². The monoisotopic (exact) mass is 250 g/mol. The second-order valence-corrected chi connectivity index (χ2v) is 5.71. The molecule has 1 aromatic carbocycles. The molecule has 0 aliphatic rings. The van der Waals surface area contributed by atoms with Crippen molar-refractivity contribution in [1.29, 1.82) is 0 Å². The van der Waals surface area contributed by atoms with Crippen LogP contribution in [0, 0.1) is 13.8 Å². The number of hydrogen-bond donors (Lipinski definition) is 1. The second-order valence-electron chi connectivity index (χ2n) is 3.63. The third-order valence-electron chi connectivity index (χ3n) is 2.33. The highest BCUT2D eigenvalue weighted by Gasteiger charge is 2.04. The molecule has 0 amide bonds. The van der Waals surface area contributed by atoms with Crippen molar-refractivity contribution in [1.82, 2.24) is 4.98 Å². The van der Waals surface area contributed by atoms with Gasteiger partial charge in [-0.1, -0.05) is 12.1 Å². The smallest absolute Gasteiger partial charge is 0.0897 e. The first kappa shape index (κ1) is 11.5. The van der Waals surface area contributed by atoms with Crippen molar-refractivity contribution in [2.24, 2.45) is 0 Å². The van der Waals surface area contributed by atoms with E-state index in [0.717, 1.165) is 32.6 Å². The molecule has 0 saturated heterocycles. The lowest BCUT2D eigenvalue weighted by Gasteiger charge is -2.06. The molecule has 0 aliphatic heterocycles. The molecule has 16 heavy (non-hydrogen) atoms. The number of aromatic nitrogens is 1. The largest absolute Gasteiger partial charge is 0.398 e. The van der Waals surface area contributed by atoms with E-state index in [1.54, 1.807) is 23.1 Å². The predicted octanol–water partition coefficient (Wildman–Crippen LogP) is 3.63. The van der Waals surface area contributed by atoms with Gasteiger partial charge < -0.3 is 5.73 Å². The summed E-state index contributed by atoms with van der Waals surface area (Å²) < 4.78 is 0. The third-order valence-corrected chi connectivity index (χ3v) is 4.26. The van der Waals surface area contributed by atoms with E-state index in [1.165, 1.54) is 0 Å². The number of thioether (sulfide) groups is 1. The van der Waals surface area contributed by atoms with E-state index >= 15 is 0 Å². The Bertz CT molecular complexity index is 492. The third kappa shape index (κ3) is 2.57. The van der Waals surface area contributed by atoms with E-state index in [-0.39, 0.29) is 0 Å². The lowest BCUT2D eigenvalue weighted by Crippen LogP contribution is -1.92. The minimum atomic E-state index is 0.887. The summed E-state index contributed by atoms with van der Waals surface area (Å²) in [5, 5.41) is 3.22. The first-order valence-corrected chi connectivity index (χ1v) is 6.92. The molecule has 2 aromatic rings. The Morgan fingerprint density at radius 3 is 2.88 bits per heavy atom. The molecule has 0 radical (unpaired) electrons. The molecule has 0 spiro atoms. The summed E-state index contributed by atoms with van der Waals surface area (Å²) in [6.45, 7) is 4.06. The number of benzene rings is 1. The van der Waals surface area contributed by atoms with Gasteiger partial charge in [-0.25, -0.2) is 4.98 Å². The second kappa shape index (κ2) is 4.89. The number of nitrogens with two attached hydrogens (primary N) is 1. The van der Waals surface area contributed by atoms with Crippen molar-refractivity contribution in [2.45, 2.75) is 24.5 Å². The Labute approximate surface area is 104 Å². The van der Waals surface area contributed by atoms with E-state index in [4.69, 9.17) is 5.73 Å². The Hall–Kier alpha value is -1.00. The van der Waals surface area contributed by atoms with Gasteiger partial charge in [0.25, 0.3) is 0 Å². The fourth-order valence-corrected chi connectivity index (χ4v) is 3.07. The minimum Gasteiger partial charge on any atom is -0.398 e. The van der Waals surface area contributed by atoms with Crippen LogP contribution in [-0.2, 0) is 5.75 Å². The lowest BCUT2D eigenvalue weighted by molar-refractivity contribution is 1.18. The number of nitrogen functional groups attached to an aromatic ring is 1. The number of anilines is 1. The van der Waals surface area contributed by atoms with Gasteiger partial charge in [-0.05, 0) is 25.5 Å². The van der Waals surface area contributed by atoms with Crippen LogP contribution in [0.1, 0.15) is 16.3 Å². The molecule has 0 bridgehead atoms. The van der Waals surface area contributed by atoms with Crippen LogP contribution in [0.5, 0.6) is 0 Å². The van der Waals surface area contributed by atoms with Gasteiger partial charge in [-0.15, -0.1) is 23.1 Å². The van der Waals surface area contributed by atoms with Crippen molar-refractivity contribution < 1.29 is 0 Å². The van der Waals surface area contributed by atoms with Crippen molar-refractivity contribution >= 4 is 28.8 Å². The molecule has 0 unspecified atom stereocenters. The summed E-state index contributed by atoms with van der Waals surface area (Å²) in [5.41, 5.74) is 9.17. The van der Waals surface area contributed by atoms with Crippen LogP contribution in [0.3, 0.4) is 0 Å². The summed E-state index contributed by atoms with van der Waals surface area (Å²) in [7, 11) is 0. The highest BCUT2D eigenvalue weighted by molar-refractivity contribution is 7.98. The molecule has 4 heteroatoms. The fourth-order valence-electron chi connectivity index (χ4n) is 1.41. The maximum Gasteiger partial charge on any atom is 0.0897 e. The topological polar surface area (TPSA) is 38.9 Å². The summed E-state index contributed by atoms with van der Waals surface area (Å²) in [4.78, 5) is 5.58. The van der Waals surface area contributed by atoms with E-state index in [2.05, 4.69) is 16.4 Å². The van der Waals surface area contributed by atoms with Crippen molar-refractivity contribution in [3.05, 3.63) is 39.8 Å². The highest BCUT2D eigenvalue weighted by Crippen LogP contribution is 2.30. The van der Waals surface area contributed by atoms with Crippen LogP contribution in [0.15, 0.2) is 28.5 Å². The van der Waals surface area contributed by atoms with Crippen molar-refractivity contribution in [2.75, 3.05) is 5.73 Å². The quantitative estimate of drug-likeness (QED) is 0.668. The fraction of sp³-hybridized carbons (Fsp3) is 0.250. The van der Waals surface area contributed by atoms with Gasteiger partial charge in [0.2, 0.25) is 0 Å². The van der Waals surface area contributed by atoms with E-state index < -0.39 is 0 Å². The molecule has 2 rings (SSSR count). The molecule has 0 fully saturated rings. The predicted molar refractivity (Wildman–Crippen MR) is 72.0 cm³/mol.